The second kappa shape index (κ2) is 8.93. The number of aryl methyl sites for hydroxylation is 1. The Morgan fingerprint density at radius 2 is 1.73 bits per heavy atom. The molecule has 3 rings (SSSR count). The van der Waals surface area contributed by atoms with Gasteiger partial charge in [0.25, 0.3) is 11.6 Å². The van der Waals surface area contributed by atoms with E-state index >= 15 is 0 Å². The van der Waals surface area contributed by atoms with Crippen molar-refractivity contribution in [3.63, 3.8) is 0 Å². The molecule has 0 bridgehead atoms. The first-order valence-corrected chi connectivity index (χ1v) is 11.3. The molecule has 1 heterocycles. The number of amides is 1. The Morgan fingerprint density at radius 3 is 2.37 bits per heavy atom. The van der Waals surface area contributed by atoms with E-state index < -0.39 is 20.9 Å². The summed E-state index contributed by atoms with van der Waals surface area (Å²) < 4.78 is 27.9. The molecule has 0 saturated carbocycles. The first kappa shape index (κ1) is 21.9. The Bertz CT molecular complexity index is 1070. The summed E-state index contributed by atoms with van der Waals surface area (Å²) >= 11 is 0. The molecule has 0 spiro atoms. The Hall–Kier alpha value is -2.78. The van der Waals surface area contributed by atoms with Crippen LogP contribution >= 0.6 is 0 Å². The summed E-state index contributed by atoms with van der Waals surface area (Å²) in [6.45, 7) is 4.22. The first-order valence-electron chi connectivity index (χ1n) is 9.88. The molecular weight excluding hydrogens is 406 g/mol. The third-order valence-electron chi connectivity index (χ3n) is 5.38. The maximum Gasteiger partial charge on any atom is 0.273 e. The van der Waals surface area contributed by atoms with Crippen LogP contribution < -0.4 is 5.32 Å². The zero-order valence-corrected chi connectivity index (χ0v) is 17.9. The van der Waals surface area contributed by atoms with Crippen molar-refractivity contribution in [3.8, 4) is 0 Å². The molecule has 0 radical (unpaired) electrons. The Kier molecular flexibility index (Phi) is 6.52. The molecule has 0 atom stereocenters. The highest BCUT2D eigenvalue weighted by atomic mass is 32.2. The SMILES string of the molecule is Cc1ccc(NC(=O)c2cccc([N+](=O)[O-])c2C)cc1S(=O)(=O)N1CCCCCC1. The average Bonchev–Trinajstić information content (AvgIpc) is 2.99. The van der Waals surface area contributed by atoms with E-state index in [1.54, 1.807) is 19.1 Å². The minimum Gasteiger partial charge on any atom is -0.322 e. The molecule has 0 unspecified atom stereocenters. The number of benzene rings is 2. The molecule has 160 valence electrons. The lowest BCUT2D eigenvalue weighted by Gasteiger charge is -2.21. The van der Waals surface area contributed by atoms with Crippen LogP contribution in [0, 0.1) is 24.0 Å². The number of nitro groups is 1. The summed E-state index contributed by atoms with van der Waals surface area (Å²) in [5, 5.41) is 13.8. The van der Waals surface area contributed by atoms with E-state index in [1.165, 1.54) is 35.5 Å². The Labute approximate surface area is 176 Å². The number of sulfonamides is 1. The summed E-state index contributed by atoms with van der Waals surface area (Å²) in [6, 6.07) is 9.02. The molecule has 0 aliphatic carbocycles. The van der Waals surface area contributed by atoms with Crippen molar-refractivity contribution in [1.82, 2.24) is 4.31 Å². The van der Waals surface area contributed by atoms with Crippen LogP contribution in [0.5, 0.6) is 0 Å². The maximum absolute atomic E-state index is 13.2. The van der Waals surface area contributed by atoms with Crippen molar-refractivity contribution in [2.45, 2.75) is 44.4 Å². The fraction of sp³-hybridized carbons (Fsp3) is 0.381. The van der Waals surface area contributed by atoms with Gasteiger partial charge < -0.3 is 5.32 Å². The van der Waals surface area contributed by atoms with Crippen LogP contribution in [0.3, 0.4) is 0 Å². The lowest BCUT2D eigenvalue weighted by Crippen LogP contribution is -2.32. The van der Waals surface area contributed by atoms with Crippen molar-refractivity contribution < 1.29 is 18.1 Å². The van der Waals surface area contributed by atoms with Crippen LogP contribution in [0.25, 0.3) is 0 Å². The highest BCUT2D eigenvalue weighted by Crippen LogP contribution is 2.27. The molecule has 2 aromatic carbocycles. The largest absolute Gasteiger partial charge is 0.322 e. The van der Waals surface area contributed by atoms with E-state index in [-0.39, 0.29) is 21.7 Å². The van der Waals surface area contributed by atoms with Crippen molar-refractivity contribution in [2.75, 3.05) is 18.4 Å². The molecule has 1 N–H and O–H groups in total. The van der Waals surface area contributed by atoms with Crippen LogP contribution in [0.15, 0.2) is 41.3 Å². The number of anilines is 1. The molecule has 1 aliphatic rings. The van der Waals surface area contributed by atoms with Crippen molar-refractivity contribution in [3.05, 3.63) is 63.2 Å². The van der Waals surface area contributed by atoms with Gasteiger partial charge in [-0.15, -0.1) is 0 Å². The average molecular weight is 432 g/mol. The predicted octanol–water partition coefficient (Wildman–Crippen LogP) is 4.03. The number of nitro benzene ring substituents is 1. The highest BCUT2D eigenvalue weighted by Gasteiger charge is 2.27. The van der Waals surface area contributed by atoms with E-state index in [4.69, 9.17) is 0 Å². The van der Waals surface area contributed by atoms with Gasteiger partial charge in [-0.25, -0.2) is 8.42 Å². The van der Waals surface area contributed by atoms with Crippen molar-refractivity contribution in [1.29, 1.82) is 0 Å². The number of nitrogens with zero attached hydrogens (tertiary/aromatic N) is 2. The van der Waals surface area contributed by atoms with E-state index in [0.29, 0.717) is 24.3 Å². The first-order chi connectivity index (χ1) is 14.2. The van der Waals surface area contributed by atoms with Gasteiger partial charge in [-0.05, 0) is 50.5 Å². The number of hydrogen-bond donors (Lipinski definition) is 1. The molecule has 30 heavy (non-hydrogen) atoms. The number of carbonyl (C=O) groups is 1. The van der Waals surface area contributed by atoms with Crippen LogP contribution in [-0.4, -0.2) is 36.6 Å². The second-order valence-corrected chi connectivity index (χ2v) is 9.37. The standard InChI is InChI=1S/C21H25N3O5S/c1-15-10-11-17(14-20(15)30(28,29)23-12-5-3-4-6-13-23)22-21(25)18-8-7-9-19(16(18)2)24(26)27/h7-11,14H,3-6,12-13H2,1-2H3,(H,22,25). The van der Waals surface area contributed by atoms with Gasteiger partial charge in [0, 0.05) is 36.0 Å². The van der Waals surface area contributed by atoms with E-state index in [2.05, 4.69) is 5.32 Å². The molecule has 1 amide bonds. The highest BCUT2D eigenvalue weighted by molar-refractivity contribution is 7.89. The zero-order valence-electron chi connectivity index (χ0n) is 17.1. The normalized spacial score (nSPS) is 15.4. The fourth-order valence-electron chi connectivity index (χ4n) is 3.64. The number of nitrogens with one attached hydrogen (secondary N) is 1. The Morgan fingerprint density at radius 1 is 1.07 bits per heavy atom. The van der Waals surface area contributed by atoms with E-state index in [1.807, 2.05) is 0 Å². The summed E-state index contributed by atoms with van der Waals surface area (Å²) in [5.41, 5.74) is 1.20. The molecule has 1 aliphatic heterocycles. The monoisotopic (exact) mass is 431 g/mol. The van der Waals surface area contributed by atoms with Gasteiger partial charge in [0.2, 0.25) is 10.0 Å². The minimum atomic E-state index is -3.67. The molecule has 1 fully saturated rings. The van der Waals surface area contributed by atoms with Crippen molar-refractivity contribution >= 4 is 27.3 Å². The summed E-state index contributed by atoms with van der Waals surface area (Å²) in [5.74, 6) is -0.529. The van der Waals surface area contributed by atoms with Gasteiger partial charge in [-0.2, -0.15) is 4.31 Å². The van der Waals surface area contributed by atoms with Crippen molar-refractivity contribution in [2.24, 2.45) is 0 Å². The molecule has 8 nitrogen and oxygen atoms in total. The van der Waals surface area contributed by atoms with Crippen LogP contribution in [-0.2, 0) is 10.0 Å². The topological polar surface area (TPSA) is 110 Å². The third-order valence-corrected chi connectivity index (χ3v) is 7.42. The third kappa shape index (κ3) is 4.52. The summed E-state index contributed by atoms with van der Waals surface area (Å²) in [7, 11) is -3.67. The van der Waals surface area contributed by atoms with Gasteiger partial charge in [-0.3, -0.25) is 14.9 Å². The predicted molar refractivity (Wildman–Crippen MR) is 114 cm³/mol. The van der Waals surface area contributed by atoms with Gasteiger partial charge >= 0.3 is 0 Å². The minimum absolute atomic E-state index is 0.143. The van der Waals surface area contributed by atoms with Gasteiger partial charge in [-0.1, -0.05) is 25.0 Å². The van der Waals surface area contributed by atoms with Gasteiger partial charge in [0.05, 0.1) is 9.82 Å². The van der Waals surface area contributed by atoms with Crippen LogP contribution in [0.1, 0.15) is 47.2 Å². The number of hydrogen-bond acceptors (Lipinski definition) is 5. The molecule has 2 aromatic rings. The Balaban J connectivity index is 1.90. The van der Waals surface area contributed by atoms with E-state index in [9.17, 15) is 23.3 Å². The fourth-order valence-corrected chi connectivity index (χ4v) is 5.41. The maximum atomic E-state index is 13.2. The summed E-state index contributed by atoms with van der Waals surface area (Å²) in [4.78, 5) is 23.5. The molecule has 9 heteroatoms. The van der Waals surface area contributed by atoms with Gasteiger partial charge in [0.15, 0.2) is 0 Å². The molecular formula is C21H25N3O5S. The van der Waals surface area contributed by atoms with Crippen LogP contribution in [0.4, 0.5) is 11.4 Å². The molecule has 1 saturated heterocycles. The number of carbonyl (C=O) groups excluding carboxylic acids is 1. The van der Waals surface area contributed by atoms with E-state index in [0.717, 1.165) is 25.7 Å². The number of rotatable bonds is 5. The lowest BCUT2D eigenvalue weighted by atomic mass is 10.1. The second-order valence-electron chi connectivity index (χ2n) is 7.46. The molecule has 0 aromatic heterocycles. The lowest BCUT2D eigenvalue weighted by molar-refractivity contribution is -0.385. The van der Waals surface area contributed by atoms with Crippen LogP contribution in [0.2, 0.25) is 0 Å². The quantitative estimate of drug-likeness (QED) is 0.568. The smallest absolute Gasteiger partial charge is 0.273 e. The zero-order chi connectivity index (χ0) is 21.9. The van der Waals surface area contributed by atoms with Gasteiger partial charge in [0.1, 0.15) is 0 Å². The summed E-state index contributed by atoms with van der Waals surface area (Å²) in [6.07, 6.45) is 3.70.